The smallest absolute Gasteiger partial charge is 0.223 e. The molecule has 110 valence electrons. The molecule has 0 aliphatic heterocycles. The summed E-state index contributed by atoms with van der Waals surface area (Å²) in [5, 5.41) is 12.8. The Balaban J connectivity index is 1.92. The first-order valence-corrected chi connectivity index (χ1v) is 7.57. The van der Waals surface area contributed by atoms with Crippen molar-refractivity contribution < 1.29 is 9.90 Å². The summed E-state index contributed by atoms with van der Waals surface area (Å²) >= 11 is 5.98. The van der Waals surface area contributed by atoms with Gasteiger partial charge in [0.15, 0.2) is 0 Å². The Kier molecular flexibility index (Phi) is 5.06. The van der Waals surface area contributed by atoms with Gasteiger partial charge in [0.1, 0.15) is 0 Å². The molecule has 2 N–H and O–H groups in total. The number of aliphatic hydroxyl groups excluding tert-OH is 1. The minimum atomic E-state index is 0.0492. The van der Waals surface area contributed by atoms with Crippen molar-refractivity contribution in [3.63, 3.8) is 0 Å². The zero-order valence-electron chi connectivity index (χ0n) is 12.0. The first-order chi connectivity index (χ1) is 9.52. The number of rotatable bonds is 6. The molecule has 3 atom stereocenters. The molecule has 2 rings (SSSR count). The van der Waals surface area contributed by atoms with Crippen LogP contribution < -0.4 is 5.32 Å². The van der Waals surface area contributed by atoms with Crippen LogP contribution in [0.3, 0.4) is 0 Å². The van der Waals surface area contributed by atoms with Crippen molar-refractivity contribution in [2.45, 2.75) is 38.6 Å². The second-order valence-corrected chi connectivity index (χ2v) is 6.31. The maximum Gasteiger partial charge on any atom is 0.223 e. The van der Waals surface area contributed by atoms with Crippen LogP contribution in [0, 0.1) is 11.8 Å². The molecule has 1 aromatic carbocycles. The number of benzene rings is 1. The van der Waals surface area contributed by atoms with Gasteiger partial charge in [0.2, 0.25) is 5.91 Å². The van der Waals surface area contributed by atoms with E-state index < -0.39 is 0 Å². The van der Waals surface area contributed by atoms with Gasteiger partial charge in [0.25, 0.3) is 0 Å². The highest BCUT2D eigenvalue weighted by atomic mass is 35.5. The van der Waals surface area contributed by atoms with Gasteiger partial charge in [0.05, 0.1) is 0 Å². The lowest BCUT2D eigenvalue weighted by molar-refractivity contribution is -0.123. The van der Waals surface area contributed by atoms with Crippen LogP contribution in [0.5, 0.6) is 0 Å². The summed E-state index contributed by atoms with van der Waals surface area (Å²) in [7, 11) is 0. The summed E-state index contributed by atoms with van der Waals surface area (Å²) in [6.45, 7) is 4.22. The largest absolute Gasteiger partial charge is 0.396 e. The number of carbonyl (C=O) groups excluding carboxylic acids is 1. The van der Waals surface area contributed by atoms with E-state index in [2.05, 4.69) is 19.2 Å². The Hall–Kier alpha value is -1.06. The summed E-state index contributed by atoms with van der Waals surface area (Å²) in [4.78, 5) is 12.2. The van der Waals surface area contributed by atoms with E-state index in [9.17, 15) is 4.79 Å². The molecule has 1 aromatic rings. The minimum Gasteiger partial charge on any atom is -0.396 e. The molecule has 20 heavy (non-hydrogen) atoms. The van der Waals surface area contributed by atoms with E-state index >= 15 is 0 Å². The Morgan fingerprint density at radius 1 is 1.50 bits per heavy atom. The highest BCUT2D eigenvalue weighted by molar-refractivity contribution is 6.30. The molecule has 0 radical (unpaired) electrons. The third-order valence-corrected chi connectivity index (χ3v) is 4.21. The zero-order chi connectivity index (χ0) is 14.7. The van der Waals surface area contributed by atoms with E-state index in [0.717, 1.165) is 12.0 Å². The molecular formula is C16H22ClNO2. The number of amides is 1. The third-order valence-electron chi connectivity index (χ3n) is 3.98. The van der Waals surface area contributed by atoms with Gasteiger partial charge in [-0.2, -0.15) is 0 Å². The fourth-order valence-electron chi connectivity index (χ4n) is 2.59. The van der Waals surface area contributed by atoms with E-state index in [1.54, 1.807) is 0 Å². The van der Waals surface area contributed by atoms with Gasteiger partial charge in [0, 0.05) is 23.6 Å². The van der Waals surface area contributed by atoms with E-state index in [4.69, 9.17) is 16.7 Å². The topological polar surface area (TPSA) is 49.3 Å². The number of hydrogen-bond acceptors (Lipinski definition) is 2. The van der Waals surface area contributed by atoms with Gasteiger partial charge in [-0.05, 0) is 42.4 Å². The monoisotopic (exact) mass is 295 g/mol. The van der Waals surface area contributed by atoms with Crippen molar-refractivity contribution in [1.82, 2.24) is 5.32 Å². The van der Waals surface area contributed by atoms with Crippen LogP contribution in [-0.4, -0.2) is 23.7 Å². The molecule has 1 aliphatic rings. The molecule has 4 heteroatoms. The molecule has 0 aromatic heterocycles. The van der Waals surface area contributed by atoms with E-state index in [1.807, 2.05) is 24.3 Å². The number of hydrogen-bond donors (Lipinski definition) is 2. The fourth-order valence-corrected chi connectivity index (χ4v) is 2.79. The predicted octanol–water partition coefficient (Wildman–Crippen LogP) is 2.97. The first kappa shape index (κ1) is 15.3. The molecule has 0 spiro atoms. The molecule has 0 heterocycles. The van der Waals surface area contributed by atoms with Crippen LogP contribution in [-0.2, 0) is 4.79 Å². The third kappa shape index (κ3) is 3.74. The molecule has 1 saturated carbocycles. The molecule has 1 fully saturated rings. The lowest BCUT2D eigenvalue weighted by Gasteiger charge is -2.21. The Morgan fingerprint density at radius 3 is 2.85 bits per heavy atom. The number of aliphatic hydroxyl groups is 1. The van der Waals surface area contributed by atoms with Crippen molar-refractivity contribution in [3.05, 3.63) is 34.9 Å². The molecule has 0 bridgehead atoms. The SMILES string of the molecule is CC(C)C(CCO)NC(=O)C1CC1c1cccc(Cl)c1. The van der Waals surface area contributed by atoms with Crippen LogP contribution in [0.4, 0.5) is 0 Å². The fraction of sp³-hybridized carbons (Fsp3) is 0.562. The van der Waals surface area contributed by atoms with E-state index in [1.165, 1.54) is 0 Å². The van der Waals surface area contributed by atoms with Gasteiger partial charge in [-0.3, -0.25) is 4.79 Å². The Morgan fingerprint density at radius 2 is 2.25 bits per heavy atom. The lowest BCUT2D eigenvalue weighted by Crippen LogP contribution is -2.40. The standard InChI is InChI=1S/C16H22ClNO2/c1-10(2)15(6-7-19)18-16(20)14-9-13(14)11-4-3-5-12(17)8-11/h3-5,8,10,13-15,19H,6-7,9H2,1-2H3,(H,18,20). The Labute approximate surface area is 125 Å². The van der Waals surface area contributed by atoms with Crippen molar-refractivity contribution in [3.8, 4) is 0 Å². The highest BCUT2D eigenvalue weighted by Gasteiger charge is 2.44. The predicted molar refractivity (Wildman–Crippen MR) is 80.8 cm³/mol. The molecule has 3 nitrogen and oxygen atoms in total. The van der Waals surface area contributed by atoms with E-state index in [0.29, 0.717) is 17.4 Å². The van der Waals surface area contributed by atoms with Crippen LogP contribution >= 0.6 is 11.6 Å². The minimum absolute atomic E-state index is 0.0492. The second-order valence-electron chi connectivity index (χ2n) is 5.88. The first-order valence-electron chi connectivity index (χ1n) is 7.19. The number of carbonyl (C=O) groups is 1. The van der Waals surface area contributed by atoms with Crippen molar-refractivity contribution >= 4 is 17.5 Å². The summed E-state index contributed by atoms with van der Waals surface area (Å²) in [6, 6.07) is 7.78. The number of halogens is 1. The van der Waals surface area contributed by atoms with Crippen molar-refractivity contribution in [2.75, 3.05) is 6.61 Å². The summed E-state index contributed by atoms with van der Waals surface area (Å²) < 4.78 is 0. The highest BCUT2D eigenvalue weighted by Crippen LogP contribution is 2.48. The van der Waals surface area contributed by atoms with E-state index in [-0.39, 0.29) is 30.4 Å². The zero-order valence-corrected chi connectivity index (χ0v) is 12.7. The quantitative estimate of drug-likeness (QED) is 0.848. The summed E-state index contributed by atoms with van der Waals surface area (Å²) in [5.74, 6) is 0.764. The molecular weight excluding hydrogens is 274 g/mol. The second kappa shape index (κ2) is 6.59. The normalized spacial score (nSPS) is 22.6. The molecule has 0 saturated heterocycles. The van der Waals surface area contributed by atoms with Crippen LogP contribution in [0.15, 0.2) is 24.3 Å². The molecule has 1 amide bonds. The van der Waals surface area contributed by atoms with Gasteiger partial charge in [-0.15, -0.1) is 0 Å². The maximum atomic E-state index is 12.2. The number of nitrogens with one attached hydrogen (secondary N) is 1. The van der Waals surface area contributed by atoms with Gasteiger partial charge < -0.3 is 10.4 Å². The van der Waals surface area contributed by atoms with Gasteiger partial charge in [-0.1, -0.05) is 37.6 Å². The average molecular weight is 296 g/mol. The molecule has 1 aliphatic carbocycles. The van der Waals surface area contributed by atoms with Crippen LogP contribution in [0.2, 0.25) is 5.02 Å². The van der Waals surface area contributed by atoms with Crippen molar-refractivity contribution in [1.29, 1.82) is 0 Å². The lowest BCUT2D eigenvalue weighted by atomic mass is 10.0. The van der Waals surface area contributed by atoms with Crippen LogP contribution in [0.25, 0.3) is 0 Å². The summed E-state index contributed by atoms with van der Waals surface area (Å²) in [5.41, 5.74) is 1.14. The van der Waals surface area contributed by atoms with Crippen LogP contribution in [0.1, 0.15) is 38.2 Å². The van der Waals surface area contributed by atoms with Crippen molar-refractivity contribution in [2.24, 2.45) is 11.8 Å². The molecule has 3 unspecified atom stereocenters. The maximum absolute atomic E-state index is 12.2. The van der Waals surface area contributed by atoms with Gasteiger partial charge in [-0.25, -0.2) is 0 Å². The summed E-state index contributed by atoms with van der Waals surface area (Å²) in [6.07, 6.45) is 1.49. The Bertz CT molecular complexity index is 475. The average Bonchev–Trinajstić information content (AvgIpc) is 3.18. The van der Waals surface area contributed by atoms with Gasteiger partial charge >= 0.3 is 0 Å².